The van der Waals surface area contributed by atoms with E-state index in [-0.39, 0.29) is 0 Å². The van der Waals surface area contributed by atoms with Gasteiger partial charge in [0.1, 0.15) is 12.1 Å². The summed E-state index contributed by atoms with van der Waals surface area (Å²) in [6, 6.07) is 11.1. The first-order valence-corrected chi connectivity index (χ1v) is 5.62. The van der Waals surface area contributed by atoms with E-state index >= 15 is 0 Å². The minimum atomic E-state index is -0.577. The van der Waals surface area contributed by atoms with Crippen molar-refractivity contribution in [2.75, 3.05) is 19.0 Å². The van der Waals surface area contributed by atoms with Crippen LogP contribution in [0.3, 0.4) is 0 Å². The topological polar surface area (TPSA) is 67.3 Å². The van der Waals surface area contributed by atoms with Gasteiger partial charge < -0.3 is 15.2 Å². The molecule has 1 aromatic carbocycles. The fourth-order valence-electron chi connectivity index (χ4n) is 1.54. The van der Waals surface area contributed by atoms with Gasteiger partial charge in [0.05, 0.1) is 13.2 Å². The average Bonchev–Trinajstić information content (AvgIpc) is 2.46. The van der Waals surface area contributed by atoms with Crippen molar-refractivity contribution in [1.29, 1.82) is 0 Å². The molecule has 1 atom stereocenters. The van der Waals surface area contributed by atoms with E-state index in [1.807, 2.05) is 30.3 Å². The number of nitrogens with zero attached hydrogens (tertiary/aromatic N) is 2. The minimum absolute atomic E-state index is 0.379. The van der Waals surface area contributed by atoms with Crippen LogP contribution in [0.15, 0.2) is 42.7 Å². The van der Waals surface area contributed by atoms with E-state index in [1.165, 1.54) is 6.33 Å². The average molecular weight is 245 g/mol. The molecule has 0 saturated carbocycles. The third kappa shape index (κ3) is 3.18. The maximum Gasteiger partial charge on any atom is 0.218 e. The third-order valence-corrected chi connectivity index (χ3v) is 2.51. The monoisotopic (exact) mass is 245 g/mol. The highest BCUT2D eigenvalue weighted by molar-refractivity contribution is 5.37. The molecule has 0 aliphatic rings. The molecular formula is C13H15N3O2. The molecule has 0 aliphatic heterocycles. The molecule has 0 spiro atoms. The first kappa shape index (κ1) is 12.3. The summed E-state index contributed by atoms with van der Waals surface area (Å²) in [5, 5.41) is 13.0. The van der Waals surface area contributed by atoms with Crippen LogP contribution in [0.4, 0.5) is 5.82 Å². The molecular weight excluding hydrogens is 230 g/mol. The van der Waals surface area contributed by atoms with Crippen LogP contribution in [-0.2, 0) is 0 Å². The number of nitrogens with one attached hydrogen (secondary N) is 1. The molecule has 1 aromatic heterocycles. The summed E-state index contributed by atoms with van der Waals surface area (Å²) in [5.74, 6) is 1.11. The van der Waals surface area contributed by atoms with Gasteiger partial charge in [-0.05, 0) is 5.56 Å². The molecule has 0 fully saturated rings. The summed E-state index contributed by atoms with van der Waals surface area (Å²) in [4.78, 5) is 7.95. The van der Waals surface area contributed by atoms with Crippen LogP contribution in [-0.4, -0.2) is 28.7 Å². The molecule has 0 radical (unpaired) electrons. The Bertz CT molecular complexity index is 491. The highest BCUT2D eigenvalue weighted by Crippen LogP contribution is 2.14. The van der Waals surface area contributed by atoms with Gasteiger partial charge in [0.2, 0.25) is 5.88 Å². The van der Waals surface area contributed by atoms with Crippen molar-refractivity contribution in [3.63, 3.8) is 0 Å². The molecule has 2 aromatic rings. The number of aliphatic hydroxyl groups is 1. The van der Waals surface area contributed by atoms with E-state index in [9.17, 15) is 5.11 Å². The van der Waals surface area contributed by atoms with Crippen LogP contribution >= 0.6 is 0 Å². The molecule has 18 heavy (non-hydrogen) atoms. The summed E-state index contributed by atoms with van der Waals surface area (Å²) < 4.78 is 4.99. The highest BCUT2D eigenvalue weighted by atomic mass is 16.5. The Balaban J connectivity index is 1.95. The number of anilines is 1. The van der Waals surface area contributed by atoms with Gasteiger partial charge in [-0.3, -0.25) is 0 Å². The Morgan fingerprint density at radius 1 is 1.28 bits per heavy atom. The zero-order valence-electron chi connectivity index (χ0n) is 10.1. The lowest BCUT2D eigenvalue weighted by Crippen LogP contribution is -2.13. The van der Waals surface area contributed by atoms with E-state index in [2.05, 4.69) is 15.3 Å². The fraction of sp³-hybridized carbons (Fsp3) is 0.231. The van der Waals surface area contributed by atoms with Gasteiger partial charge in [0, 0.05) is 12.6 Å². The van der Waals surface area contributed by atoms with Crippen molar-refractivity contribution in [3.8, 4) is 5.88 Å². The maximum absolute atomic E-state index is 9.97. The normalized spacial score (nSPS) is 11.9. The maximum atomic E-state index is 9.97. The van der Waals surface area contributed by atoms with Crippen LogP contribution in [0.2, 0.25) is 0 Å². The lowest BCUT2D eigenvalue weighted by Gasteiger charge is -2.12. The summed E-state index contributed by atoms with van der Waals surface area (Å²) >= 11 is 0. The van der Waals surface area contributed by atoms with Crippen molar-refractivity contribution < 1.29 is 9.84 Å². The van der Waals surface area contributed by atoms with Gasteiger partial charge >= 0.3 is 0 Å². The van der Waals surface area contributed by atoms with Crippen LogP contribution in [0, 0.1) is 0 Å². The zero-order valence-corrected chi connectivity index (χ0v) is 10.1. The molecule has 5 nitrogen and oxygen atoms in total. The third-order valence-electron chi connectivity index (χ3n) is 2.51. The predicted octanol–water partition coefficient (Wildman–Crippen LogP) is 1.63. The Labute approximate surface area is 105 Å². The van der Waals surface area contributed by atoms with Crippen molar-refractivity contribution in [3.05, 3.63) is 48.3 Å². The minimum Gasteiger partial charge on any atom is -0.481 e. The molecule has 1 heterocycles. The van der Waals surface area contributed by atoms with Crippen molar-refractivity contribution >= 4 is 5.82 Å². The van der Waals surface area contributed by atoms with Gasteiger partial charge in [0.25, 0.3) is 0 Å². The Morgan fingerprint density at radius 2 is 2.06 bits per heavy atom. The SMILES string of the molecule is COc1cc(NC[C@@H](O)c2ccccc2)ncn1. The molecule has 0 bridgehead atoms. The summed E-state index contributed by atoms with van der Waals surface area (Å²) in [7, 11) is 1.55. The first-order chi connectivity index (χ1) is 8.79. The molecule has 0 unspecified atom stereocenters. The Hall–Kier alpha value is -2.14. The number of methoxy groups -OCH3 is 1. The Kier molecular flexibility index (Phi) is 4.09. The van der Waals surface area contributed by atoms with E-state index < -0.39 is 6.10 Å². The highest BCUT2D eigenvalue weighted by Gasteiger charge is 2.07. The van der Waals surface area contributed by atoms with Crippen LogP contribution in [0.1, 0.15) is 11.7 Å². The number of aromatic nitrogens is 2. The van der Waals surface area contributed by atoms with Gasteiger partial charge in [-0.15, -0.1) is 0 Å². The molecule has 0 aliphatic carbocycles. The number of hydrogen-bond acceptors (Lipinski definition) is 5. The lowest BCUT2D eigenvalue weighted by atomic mass is 10.1. The number of rotatable bonds is 5. The van der Waals surface area contributed by atoms with E-state index in [0.29, 0.717) is 18.2 Å². The second kappa shape index (κ2) is 5.97. The van der Waals surface area contributed by atoms with Crippen molar-refractivity contribution in [1.82, 2.24) is 9.97 Å². The number of benzene rings is 1. The van der Waals surface area contributed by atoms with Gasteiger partial charge in [-0.2, -0.15) is 0 Å². The van der Waals surface area contributed by atoms with Crippen molar-refractivity contribution in [2.24, 2.45) is 0 Å². The van der Waals surface area contributed by atoms with Crippen LogP contribution in [0.25, 0.3) is 0 Å². The fourth-order valence-corrected chi connectivity index (χ4v) is 1.54. The summed E-state index contributed by atoms with van der Waals surface area (Å²) in [6.45, 7) is 0.379. The van der Waals surface area contributed by atoms with E-state index in [0.717, 1.165) is 5.56 Å². The second-order valence-electron chi connectivity index (χ2n) is 3.75. The van der Waals surface area contributed by atoms with Gasteiger partial charge in [0.15, 0.2) is 0 Å². The molecule has 5 heteroatoms. The molecule has 2 rings (SSSR count). The zero-order chi connectivity index (χ0) is 12.8. The van der Waals surface area contributed by atoms with Crippen molar-refractivity contribution in [2.45, 2.75) is 6.10 Å². The molecule has 0 saturated heterocycles. The largest absolute Gasteiger partial charge is 0.481 e. The van der Waals surface area contributed by atoms with Gasteiger partial charge in [-0.1, -0.05) is 30.3 Å². The van der Waals surface area contributed by atoms with Crippen LogP contribution in [0.5, 0.6) is 5.88 Å². The first-order valence-electron chi connectivity index (χ1n) is 5.62. The second-order valence-corrected chi connectivity index (χ2v) is 3.75. The number of hydrogen-bond donors (Lipinski definition) is 2. The van der Waals surface area contributed by atoms with E-state index in [4.69, 9.17) is 4.74 Å². The van der Waals surface area contributed by atoms with E-state index in [1.54, 1.807) is 13.2 Å². The quantitative estimate of drug-likeness (QED) is 0.838. The molecule has 0 amide bonds. The predicted molar refractivity (Wildman–Crippen MR) is 68.5 cm³/mol. The van der Waals surface area contributed by atoms with Gasteiger partial charge in [-0.25, -0.2) is 9.97 Å². The smallest absolute Gasteiger partial charge is 0.218 e. The summed E-state index contributed by atoms with van der Waals surface area (Å²) in [5.41, 5.74) is 0.867. The number of ether oxygens (including phenoxy) is 1. The standard InChI is InChI=1S/C13H15N3O2/c1-18-13-7-12(15-9-16-13)14-8-11(17)10-5-3-2-4-6-10/h2-7,9,11,17H,8H2,1H3,(H,14,15,16)/t11-/m1/s1. The molecule has 2 N–H and O–H groups in total. The number of aliphatic hydroxyl groups excluding tert-OH is 1. The Morgan fingerprint density at radius 3 is 2.78 bits per heavy atom. The summed E-state index contributed by atoms with van der Waals surface area (Å²) in [6.07, 6.45) is 0.836. The lowest BCUT2D eigenvalue weighted by molar-refractivity contribution is 0.191. The molecule has 94 valence electrons. The van der Waals surface area contributed by atoms with Crippen LogP contribution < -0.4 is 10.1 Å².